The van der Waals surface area contributed by atoms with E-state index >= 15 is 0 Å². The molecule has 0 bridgehead atoms. The van der Waals surface area contributed by atoms with Gasteiger partial charge in [0.15, 0.2) is 0 Å². The minimum atomic E-state index is -1.11. The van der Waals surface area contributed by atoms with Crippen molar-refractivity contribution in [1.29, 1.82) is 0 Å². The Morgan fingerprint density at radius 2 is 1.25 bits per heavy atom. The molecule has 0 radical (unpaired) electrons. The van der Waals surface area contributed by atoms with E-state index in [1.807, 2.05) is 13.8 Å². The summed E-state index contributed by atoms with van der Waals surface area (Å²) in [6, 6.07) is 0. The Bertz CT molecular complexity index is 272. The largest absolute Gasteiger partial charge is 0.396 e. The van der Waals surface area contributed by atoms with Crippen molar-refractivity contribution in [2.75, 3.05) is 26.4 Å². The molecule has 0 saturated carbocycles. The Morgan fingerprint density at radius 1 is 1.00 bits per heavy atom. The Balaban J connectivity index is 0. The highest BCUT2D eigenvalue weighted by atomic mass is 16.6. The lowest BCUT2D eigenvalue weighted by molar-refractivity contribution is -0.151. The minimum Gasteiger partial charge on any atom is -0.396 e. The zero-order valence-electron chi connectivity index (χ0n) is 12.0. The number of esters is 2. The summed E-state index contributed by atoms with van der Waals surface area (Å²) in [6.07, 6.45) is 0.525. The van der Waals surface area contributed by atoms with E-state index in [9.17, 15) is 9.59 Å². The third-order valence-electron chi connectivity index (χ3n) is 2.10. The topological polar surface area (TPSA) is 124 Å². The maximum Gasteiger partial charge on any atom is 0.314 e. The Labute approximate surface area is 118 Å². The monoisotopic (exact) mass is 292 g/mol. The average Bonchev–Trinajstić information content (AvgIpc) is 2.77. The minimum absolute atomic E-state index is 0.263. The summed E-state index contributed by atoms with van der Waals surface area (Å²) < 4.78 is 4.08. The lowest BCUT2D eigenvalue weighted by atomic mass is 9.93. The predicted molar refractivity (Wildman–Crippen MR) is 71.6 cm³/mol. The van der Waals surface area contributed by atoms with Crippen LogP contribution in [0.4, 0.5) is 0 Å². The quantitative estimate of drug-likeness (QED) is 0.309. The molecule has 1 saturated heterocycles. The van der Waals surface area contributed by atoms with Gasteiger partial charge in [-0.05, 0) is 13.8 Å². The van der Waals surface area contributed by atoms with Gasteiger partial charge in [0.25, 0.3) is 0 Å². The van der Waals surface area contributed by atoms with Gasteiger partial charge in [-0.2, -0.15) is 0 Å². The normalized spacial score (nSPS) is 13.7. The molecule has 0 amide bonds. The Kier molecular flexibility index (Phi) is 12.1. The van der Waals surface area contributed by atoms with Crippen LogP contribution in [-0.4, -0.2) is 58.8 Å². The van der Waals surface area contributed by atoms with Crippen LogP contribution in [0.15, 0.2) is 12.2 Å². The first-order valence-corrected chi connectivity index (χ1v) is 6.06. The number of ether oxygens (including phenoxy) is 1. The summed E-state index contributed by atoms with van der Waals surface area (Å²) in [5, 5.41) is 34.0. The van der Waals surface area contributed by atoms with Gasteiger partial charge in [-0.25, -0.2) is 0 Å². The van der Waals surface area contributed by atoms with Gasteiger partial charge in [0.2, 0.25) is 0 Å². The summed E-state index contributed by atoms with van der Waals surface area (Å²) in [6.45, 7) is 5.88. The maximum atomic E-state index is 10.0. The van der Waals surface area contributed by atoms with Gasteiger partial charge in [-0.1, -0.05) is 5.57 Å². The standard InChI is InChI=1S/C5H12O4.C4H4O3.C4H8/c6-1-5(2-7,3-8)4-9;5-3-1-2-4(6)7-3;1-4(2)3/h6-9H,1-4H2;1-2H2;1H2,2-3H3. The number of cyclic esters (lactones) is 2. The van der Waals surface area contributed by atoms with Crippen molar-refractivity contribution in [3.05, 3.63) is 12.2 Å². The van der Waals surface area contributed by atoms with Gasteiger partial charge in [-0.15, -0.1) is 6.58 Å². The van der Waals surface area contributed by atoms with Crippen molar-refractivity contribution in [2.45, 2.75) is 26.7 Å². The van der Waals surface area contributed by atoms with Crippen LogP contribution in [0.1, 0.15) is 26.7 Å². The molecule has 0 atom stereocenters. The van der Waals surface area contributed by atoms with E-state index in [4.69, 9.17) is 20.4 Å². The predicted octanol–water partition coefficient (Wildman–Crippen LogP) is -0.626. The molecule has 0 aromatic heterocycles. The van der Waals surface area contributed by atoms with E-state index in [0.29, 0.717) is 0 Å². The number of hydrogen-bond acceptors (Lipinski definition) is 7. The summed E-state index contributed by atoms with van der Waals surface area (Å²) >= 11 is 0. The number of allylic oxidation sites excluding steroid dienone is 1. The van der Waals surface area contributed by atoms with Gasteiger partial charge in [-0.3, -0.25) is 9.59 Å². The van der Waals surface area contributed by atoms with E-state index in [0.717, 1.165) is 0 Å². The molecule has 1 heterocycles. The average molecular weight is 292 g/mol. The molecule has 1 fully saturated rings. The molecule has 4 N–H and O–H groups in total. The van der Waals surface area contributed by atoms with Gasteiger partial charge in [0.1, 0.15) is 0 Å². The highest BCUT2D eigenvalue weighted by Crippen LogP contribution is 2.11. The molecular formula is C13H24O7. The second kappa shape index (κ2) is 11.5. The van der Waals surface area contributed by atoms with Crippen LogP contribution >= 0.6 is 0 Å². The molecule has 0 aromatic rings. The molecule has 0 aromatic carbocycles. The van der Waals surface area contributed by atoms with Gasteiger partial charge >= 0.3 is 11.9 Å². The van der Waals surface area contributed by atoms with E-state index in [-0.39, 0.29) is 12.8 Å². The van der Waals surface area contributed by atoms with Crippen molar-refractivity contribution in [1.82, 2.24) is 0 Å². The Hall–Kier alpha value is -1.28. The summed E-state index contributed by atoms with van der Waals surface area (Å²) in [5.74, 6) is -0.796. The molecule has 0 aliphatic carbocycles. The third-order valence-corrected chi connectivity index (χ3v) is 2.10. The number of aliphatic hydroxyl groups excluding tert-OH is 4. The number of carbonyl (C=O) groups excluding carboxylic acids is 2. The SMILES string of the molecule is C=C(C)C.O=C1CCC(=O)O1.OCC(CO)(CO)CO. The molecular weight excluding hydrogens is 268 g/mol. The summed E-state index contributed by atoms with van der Waals surface area (Å²) in [4.78, 5) is 20.0. The van der Waals surface area contributed by atoms with E-state index in [1.54, 1.807) is 0 Å². The first-order chi connectivity index (χ1) is 9.26. The molecule has 7 nitrogen and oxygen atoms in total. The maximum absolute atomic E-state index is 10.0. The molecule has 1 rings (SSSR count). The van der Waals surface area contributed by atoms with Crippen LogP contribution in [0.2, 0.25) is 0 Å². The number of aliphatic hydroxyl groups is 4. The van der Waals surface area contributed by atoms with Crippen molar-refractivity contribution in [2.24, 2.45) is 5.41 Å². The molecule has 118 valence electrons. The fourth-order valence-electron chi connectivity index (χ4n) is 0.733. The molecule has 20 heavy (non-hydrogen) atoms. The van der Waals surface area contributed by atoms with Gasteiger partial charge < -0.3 is 25.2 Å². The lowest BCUT2D eigenvalue weighted by Gasteiger charge is -2.23. The van der Waals surface area contributed by atoms with Crippen LogP contribution in [0.3, 0.4) is 0 Å². The smallest absolute Gasteiger partial charge is 0.314 e. The molecule has 0 unspecified atom stereocenters. The first kappa shape index (κ1) is 21.0. The van der Waals surface area contributed by atoms with Crippen molar-refractivity contribution < 1.29 is 34.8 Å². The number of carbonyl (C=O) groups is 2. The first-order valence-electron chi connectivity index (χ1n) is 6.06. The Morgan fingerprint density at radius 3 is 1.30 bits per heavy atom. The van der Waals surface area contributed by atoms with Crippen LogP contribution in [0.5, 0.6) is 0 Å². The van der Waals surface area contributed by atoms with Crippen molar-refractivity contribution >= 4 is 11.9 Å². The second-order valence-corrected chi connectivity index (χ2v) is 4.69. The molecule has 0 spiro atoms. The second-order valence-electron chi connectivity index (χ2n) is 4.69. The summed E-state index contributed by atoms with van der Waals surface area (Å²) in [7, 11) is 0. The summed E-state index contributed by atoms with van der Waals surface area (Å²) in [5.41, 5.74) is 0.0556. The highest BCUT2D eigenvalue weighted by Gasteiger charge is 2.26. The van der Waals surface area contributed by atoms with Crippen LogP contribution in [0, 0.1) is 5.41 Å². The van der Waals surface area contributed by atoms with Crippen LogP contribution in [-0.2, 0) is 14.3 Å². The van der Waals surface area contributed by atoms with Crippen LogP contribution < -0.4 is 0 Å². The zero-order chi connectivity index (χ0) is 16.2. The van der Waals surface area contributed by atoms with Crippen molar-refractivity contribution in [3.8, 4) is 0 Å². The third kappa shape index (κ3) is 10.6. The fourth-order valence-corrected chi connectivity index (χ4v) is 0.733. The highest BCUT2D eigenvalue weighted by molar-refractivity contribution is 5.92. The molecule has 1 aliphatic heterocycles. The van der Waals surface area contributed by atoms with Crippen LogP contribution in [0.25, 0.3) is 0 Å². The van der Waals surface area contributed by atoms with Crippen molar-refractivity contribution in [3.63, 3.8) is 0 Å². The molecule has 1 aliphatic rings. The number of hydrogen-bond donors (Lipinski definition) is 4. The van der Waals surface area contributed by atoms with Gasteiger partial charge in [0, 0.05) is 0 Å². The van der Waals surface area contributed by atoms with E-state index in [2.05, 4.69) is 11.3 Å². The zero-order valence-corrected chi connectivity index (χ0v) is 12.0. The molecule has 7 heteroatoms. The fraction of sp³-hybridized carbons (Fsp3) is 0.692. The van der Waals surface area contributed by atoms with E-state index in [1.165, 1.54) is 5.57 Å². The van der Waals surface area contributed by atoms with E-state index < -0.39 is 43.8 Å². The lowest BCUT2D eigenvalue weighted by Crippen LogP contribution is -2.37. The van der Waals surface area contributed by atoms with Gasteiger partial charge in [0.05, 0.1) is 44.7 Å². The number of rotatable bonds is 4.